The van der Waals surface area contributed by atoms with Gasteiger partial charge in [-0.25, -0.2) is 4.90 Å². The number of aromatic hydroxyl groups is 2. The van der Waals surface area contributed by atoms with Crippen molar-refractivity contribution in [1.29, 1.82) is 0 Å². The number of rotatable bonds is 6. The first-order valence-corrected chi connectivity index (χ1v) is 10.9. The lowest BCUT2D eigenvalue weighted by Crippen LogP contribution is -2.50. The molecule has 1 aliphatic heterocycles. The van der Waals surface area contributed by atoms with Crippen molar-refractivity contribution < 1.29 is 35.0 Å². The molecule has 1 heterocycles. The first kappa shape index (κ1) is 22.7. The van der Waals surface area contributed by atoms with Crippen LogP contribution in [-0.4, -0.2) is 57.7 Å². The van der Waals surface area contributed by atoms with Gasteiger partial charge in [0.2, 0.25) is 11.5 Å². The minimum Gasteiger partial charge on any atom is -0.504 e. The molecule has 2 aromatic carbocycles. The number of ether oxygens (including phenoxy) is 2. The van der Waals surface area contributed by atoms with Crippen LogP contribution in [0.15, 0.2) is 30.3 Å². The van der Waals surface area contributed by atoms with E-state index in [1.807, 2.05) is 6.07 Å². The molecule has 5 N–H and O–H groups in total. The van der Waals surface area contributed by atoms with Crippen LogP contribution in [0, 0.1) is 11.8 Å². The number of aliphatic hydroxyl groups is 3. The topological polar surface area (TPSA) is 123 Å². The van der Waals surface area contributed by atoms with Crippen molar-refractivity contribution in [2.75, 3.05) is 27.3 Å². The molecule has 0 bridgehead atoms. The van der Waals surface area contributed by atoms with Crippen LogP contribution in [0.3, 0.4) is 0 Å². The van der Waals surface area contributed by atoms with E-state index in [2.05, 4.69) is 0 Å². The van der Waals surface area contributed by atoms with E-state index in [0.717, 1.165) is 12.8 Å². The summed E-state index contributed by atoms with van der Waals surface area (Å²) in [6.45, 7) is 1.03. The zero-order valence-electron chi connectivity index (χ0n) is 18.4. The molecule has 0 saturated carbocycles. The SMILES string of the molecule is COc1c(O)c2c(c(O)c1OC)C(O)C(CC1CCN(C(O)(O)c3ccccc3)CC1)C2. The second-order valence-electron chi connectivity index (χ2n) is 8.73. The minimum absolute atomic E-state index is 0.0138. The summed E-state index contributed by atoms with van der Waals surface area (Å²) in [5, 5.41) is 53.5. The van der Waals surface area contributed by atoms with Gasteiger partial charge in [0.1, 0.15) is 0 Å². The van der Waals surface area contributed by atoms with Gasteiger partial charge in [0, 0.05) is 29.8 Å². The van der Waals surface area contributed by atoms with Gasteiger partial charge in [-0.3, -0.25) is 0 Å². The molecular formula is C24H31NO7. The lowest BCUT2D eigenvalue weighted by molar-refractivity contribution is -0.281. The smallest absolute Gasteiger partial charge is 0.253 e. The average Bonchev–Trinajstić information content (AvgIpc) is 3.13. The third-order valence-electron chi connectivity index (χ3n) is 6.97. The summed E-state index contributed by atoms with van der Waals surface area (Å²) in [4.78, 5) is 1.66. The molecule has 2 aliphatic rings. The molecule has 2 aromatic rings. The van der Waals surface area contributed by atoms with E-state index in [1.54, 1.807) is 29.2 Å². The monoisotopic (exact) mass is 445 g/mol. The molecule has 4 rings (SSSR count). The number of methoxy groups -OCH3 is 2. The lowest BCUT2D eigenvalue weighted by Gasteiger charge is -2.40. The number of phenolic OH excluding ortho intramolecular Hbond substituents is 2. The van der Waals surface area contributed by atoms with Crippen molar-refractivity contribution in [3.05, 3.63) is 47.0 Å². The quantitative estimate of drug-likeness (QED) is 0.339. The Labute approximate surface area is 187 Å². The molecule has 0 radical (unpaired) electrons. The second kappa shape index (κ2) is 8.78. The van der Waals surface area contributed by atoms with Crippen molar-refractivity contribution in [3.8, 4) is 23.0 Å². The summed E-state index contributed by atoms with van der Waals surface area (Å²) < 4.78 is 10.4. The van der Waals surface area contributed by atoms with E-state index in [9.17, 15) is 25.5 Å². The van der Waals surface area contributed by atoms with Gasteiger partial charge in [-0.05, 0) is 37.5 Å². The number of hydrogen-bond acceptors (Lipinski definition) is 8. The summed E-state index contributed by atoms with van der Waals surface area (Å²) in [7, 11) is 2.76. The second-order valence-corrected chi connectivity index (χ2v) is 8.73. The molecule has 32 heavy (non-hydrogen) atoms. The van der Waals surface area contributed by atoms with Crippen molar-refractivity contribution in [2.24, 2.45) is 11.8 Å². The number of piperidine rings is 1. The Kier molecular flexibility index (Phi) is 6.22. The number of fused-ring (bicyclic) bond motifs is 1. The molecule has 8 nitrogen and oxygen atoms in total. The fourth-order valence-corrected chi connectivity index (χ4v) is 5.22. The lowest BCUT2D eigenvalue weighted by atomic mass is 9.84. The van der Waals surface area contributed by atoms with Gasteiger partial charge in [-0.15, -0.1) is 0 Å². The van der Waals surface area contributed by atoms with E-state index >= 15 is 0 Å². The highest BCUT2D eigenvalue weighted by molar-refractivity contribution is 5.68. The number of benzene rings is 2. The summed E-state index contributed by atoms with van der Waals surface area (Å²) in [5.41, 5.74) is 1.23. The van der Waals surface area contributed by atoms with Crippen LogP contribution >= 0.6 is 0 Å². The van der Waals surface area contributed by atoms with Gasteiger partial charge in [0.25, 0.3) is 5.91 Å². The Hall–Kier alpha value is -2.52. The van der Waals surface area contributed by atoms with Crippen LogP contribution in [0.4, 0.5) is 0 Å². The zero-order chi connectivity index (χ0) is 23.0. The Morgan fingerprint density at radius 1 is 0.969 bits per heavy atom. The molecular weight excluding hydrogens is 414 g/mol. The highest BCUT2D eigenvalue weighted by Gasteiger charge is 2.42. The van der Waals surface area contributed by atoms with Crippen molar-refractivity contribution >= 4 is 0 Å². The van der Waals surface area contributed by atoms with Gasteiger partial charge in [-0.1, -0.05) is 30.3 Å². The van der Waals surface area contributed by atoms with Gasteiger partial charge in [0.05, 0.1) is 20.3 Å². The normalized spacial score (nSPS) is 22.0. The van der Waals surface area contributed by atoms with Gasteiger partial charge in [0.15, 0.2) is 11.5 Å². The molecule has 174 valence electrons. The number of hydrogen-bond donors (Lipinski definition) is 5. The Bertz CT molecular complexity index is 955. The Morgan fingerprint density at radius 2 is 1.56 bits per heavy atom. The molecule has 1 aliphatic carbocycles. The maximum absolute atomic E-state index is 10.9. The van der Waals surface area contributed by atoms with Crippen molar-refractivity contribution in [1.82, 2.24) is 4.90 Å². The standard InChI is InChI=1S/C24H31NO7/c1-31-22-20(27)17-13-15(19(26)18(17)21(28)23(22)32-2)12-14-8-10-25(11-9-14)24(29,30)16-6-4-3-5-7-16/h3-7,14-15,19,26-30H,8-13H2,1-2H3. The van der Waals surface area contributed by atoms with Crippen LogP contribution in [-0.2, 0) is 12.3 Å². The third-order valence-corrected chi connectivity index (χ3v) is 6.97. The molecule has 1 saturated heterocycles. The highest BCUT2D eigenvalue weighted by atomic mass is 16.5. The summed E-state index contributed by atoms with van der Waals surface area (Å²) >= 11 is 0. The first-order chi connectivity index (χ1) is 15.3. The summed E-state index contributed by atoms with van der Waals surface area (Å²) in [5.74, 6) is -2.14. The first-order valence-electron chi connectivity index (χ1n) is 10.9. The predicted octanol–water partition coefficient (Wildman–Crippen LogP) is 2.22. The average molecular weight is 446 g/mol. The fourth-order valence-electron chi connectivity index (χ4n) is 5.22. The van der Waals surface area contributed by atoms with E-state index < -0.39 is 12.0 Å². The number of nitrogens with zero attached hydrogens (tertiary/aromatic N) is 1. The number of phenols is 2. The molecule has 1 fully saturated rings. The van der Waals surface area contributed by atoms with Crippen LogP contribution in [0.5, 0.6) is 23.0 Å². The maximum atomic E-state index is 10.9. The van der Waals surface area contributed by atoms with Gasteiger partial charge in [-0.2, -0.15) is 0 Å². The minimum atomic E-state index is -2.01. The van der Waals surface area contributed by atoms with Crippen LogP contribution < -0.4 is 9.47 Å². The van der Waals surface area contributed by atoms with Crippen LogP contribution in [0.1, 0.15) is 42.1 Å². The number of aliphatic hydroxyl groups excluding tert-OH is 1. The number of likely N-dealkylation sites (tertiary alicyclic amines) is 1. The molecule has 0 amide bonds. The maximum Gasteiger partial charge on any atom is 0.253 e. The van der Waals surface area contributed by atoms with Crippen molar-refractivity contribution in [3.63, 3.8) is 0 Å². The third kappa shape index (κ3) is 3.77. The Balaban J connectivity index is 1.44. The molecule has 2 atom stereocenters. The Morgan fingerprint density at radius 3 is 2.16 bits per heavy atom. The van der Waals surface area contributed by atoms with E-state index in [1.165, 1.54) is 14.2 Å². The van der Waals surface area contributed by atoms with Crippen LogP contribution in [0.25, 0.3) is 0 Å². The van der Waals surface area contributed by atoms with Gasteiger partial charge >= 0.3 is 0 Å². The van der Waals surface area contributed by atoms with Gasteiger partial charge < -0.3 is 35.0 Å². The molecule has 8 heteroatoms. The largest absolute Gasteiger partial charge is 0.504 e. The van der Waals surface area contributed by atoms with E-state index in [-0.39, 0.29) is 34.8 Å². The predicted molar refractivity (Wildman–Crippen MR) is 117 cm³/mol. The summed E-state index contributed by atoms with van der Waals surface area (Å²) in [6.07, 6.45) is 1.69. The molecule has 2 unspecified atom stereocenters. The molecule has 0 aromatic heterocycles. The highest BCUT2D eigenvalue weighted by Crippen LogP contribution is 2.56. The van der Waals surface area contributed by atoms with E-state index in [0.29, 0.717) is 42.6 Å². The van der Waals surface area contributed by atoms with E-state index in [4.69, 9.17) is 9.47 Å². The van der Waals surface area contributed by atoms with Crippen molar-refractivity contribution in [2.45, 2.75) is 37.7 Å². The summed E-state index contributed by atoms with van der Waals surface area (Å²) in [6, 6.07) is 8.77. The van der Waals surface area contributed by atoms with Crippen LogP contribution in [0.2, 0.25) is 0 Å². The zero-order valence-corrected chi connectivity index (χ0v) is 18.4. The molecule has 0 spiro atoms. The fraction of sp³-hybridized carbons (Fsp3) is 0.500.